The van der Waals surface area contributed by atoms with Gasteiger partial charge in [0.25, 0.3) is 0 Å². The first-order valence-electron chi connectivity index (χ1n) is 9.36. The first-order valence-corrected chi connectivity index (χ1v) is 9.36. The zero-order chi connectivity index (χ0) is 17.2. The molecule has 1 saturated carbocycles. The molecule has 136 valence electrons. The Bertz CT molecular complexity index is 620. The van der Waals surface area contributed by atoms with E-state index in [1.54, 1.807) is 13.3 Å². The van der Waals surface area contributed by atoms with Crippen LogP contribution in [-0.4, -0.2) is 54.7 Å². The lowest BCUT2D eigenvalue weighted by Gasteiger charge is -2.34. The number of piperidine rings is 1. The minimum absolute atomic E-state index is 0.0850. The van der Waals surface area contributed by atoms with Crippen LogP contribution in [0.15, 0.2) is 18.3 Å². The summed E-state index contributed by atoms with van der Waals surface area (Å²) in [7, 11) is 1.66. The predicted octanol–water partition coefficient (Wildman–Crippen LogP) is 1.60. The number of rotatable bonds is 6. The number of aromatic nitrogens is 1. The second-order valence-electron chi connectivity index (χ2n) is 7.54. The molecular formula is C19H27N3O3. The molecule has 6 nitrogen and oxygen atoms in total. The van der Waals surface area contributed by atoms with Gasteiger partial charge in [0.15, 0.2) is 0 Å². The summed E-state index contributed by atoms with van der Waals surface area (Å²) in [6, 6.07) is 4.00. The van der Waals surface area contributed by atoms with Crippen molar-refractivity contribution in [2.45, 2.75) is 44.4 Å². The smallest absolute Gasteiger partial charge is 0.249 e. The molecule has 1 N–H and O–H groups in total. The third-order valence-corrected chi connectivity index (χ3v) is 5.63. The number of nitrogens with zero attached hydrogens (tertiary/aromatic N) is 2. The van der Waals surface area contributed by atoms with E-state index in [1.165, 1.54) is 12.8 Å². The van der Waals surface area contributed by atoms with Crippen LogP contribution in [0, 0.1) is 11.8 Å². The van der Waals surface area contributed by atoms with Crippen molar-refractivity contribution >= 4 is 5.91 Å². The summed E-state index contributed by atoms with van der Waals surface area (Å²) < 4.78 is 11.5. The third-order valence-electron chi connectivity index (χ3n) is 5.63. The average Bonchev–Trinajstić information content (AvgIpc) is 3.37. The molecule has 0 aromatic carbocycles. The first-order chi connectivity index (χ1) is 12.2. The molecule has 0 spiro atoms. The van der Waals surface area contributed by atoms with E-state index in [2.05, 4.69) is 21.3 Å². The van der Waals surface area contributed by atoms with Crippen molar-refractivity contribution in [3.63, 3.8) is 0 Å². The molecule has 3 fully saturated rings. The van der Waals surface area contributed by atoms with E-state index in [4.69, 9.17) is 9.47 Å². The van der Waals surface area contributed by atoms with Gasteiger partial charge in [-0.05, 0) is 50.1 Å². The van der Waals surface area contributed by atoms with Gasteiger partial charge in [-0.25, -0.2) is 4.98 Å². The molecule has 0 radical (unpaired) electrons. The number of amides is 1. The third kappa shape index (κ3) is 3.96. The summed E-state index contributed by atoms with van der Waals surface area (Å²) >= 11 is 0. The maximum atomic E-state index is 12.3. The Morgan fingerprint density at radius 2 is 2.32 bits per heavy atom. The van der Waals surface area contributed by atoms with Crippen LogP contribution in [0.1, 0.15) is 31.2 Å². The zero-order valence-corrected chi connectivity index (χ0v) is 14.8. The minimum atomic E-state index is -0.262. The van der Waals surface area contributed by atoms with E-state index in [-0.39, 0.29) is 18.1 Å². The molecule has 25 heavy (non-hydrogen) atoms. The van der Waals surface area contributed by atoms with Crippen molar-refractivity contribution in [3.05, 3.63) is 23.9 Å². The molecule has 0 bridgehead atoms. The lowest BCUT2D eigenvalue weighted by Crippen LogP contribution is -2.42. The fourth-order valence-corrected chi connectivity index (χ4v) is 3.96. The highest BCUT2D eigenvalue weighted by atomic mass is 16.5. The maximum absolute atomic E-state index is 12.3. The zero-order valence-electron chi connectivity index (χ0n) is 14.8. The number of hydrogen-bond acceptors (Lipinski definition) is 5. The molecule has 1 aromatic heterocycles. The fraction of sp³-hybridized carbons (Fsp3) is 0.684. The van der Waals surface area contributed by atoms with Crippen molar-refractivity contribution in [2.24, 2.45) is 11.8 Å². The highest BCUT2D eigenvalue weighted by molar-refractivity contribution is 5.81. The molecule has 6 heteroatoms. The van der Waals surface area contributed by atoms with Gasteiger partial charge in [-0.1, -0.05) is 6.07 Å². The van der Waals surface area contributed by atoms with Crippen LogP contribution in [-0.2, 0) is 16.1 Å². The molecule has 4 rings (SSSR count). The van der Waals surface area contributed by atoms with E-state index in [1.807, 2.05) is 6.07 Å². The Labute approximate surface area is 148 Å². The molecule has 1 aliphatic carbocycles. The molecule has 0 unspecified atom stereocenters. The fourth-order valence-electron chi connectivity index (χ4n) is 3.96. The van der Waals surface area contributed by atoms with Crippen LogP contribution < -0.4 is 10.1 Å². The molecule has 2 aliphatic heterocycles. The number of ether oxygens (including phenoxy) is 2. The van der Waals surface area contributed by atoms with Crippen molar-refractivity contribution in [3.8, 4) is 5.88 Å². The normalized spacial score (nSPS) is 29.2. The Kier molecular flexibility index (Phi) is 4.90. The van der Waals surface area contributed by atoms with Crippen molar-refractivity contribution in [2.75, 3.05) is 26.7 Å². The summed E-state index contributed by atoms with van der Waals surface area (Å²) in [6.07, 6.45) is 6.10. The number of carbonyl (C=O) groups excluding carboxylic acids is 1. The molecule has 2 saturated heterocycles. The lowest BCUT2D eigenvalue weighted by molar-refractivity contribution is -0.132. The number of pyridine rings is 1. The predicted molar refractivity (Wildman–Crippen MR) is 93.2 cm³/mol. The SMILES string of the molecule is COc1ncccc1CN1CC[C@H]2C[C@@H](C(=O)NCC3CC3)O[C@H]2C1. The van der Waals surface area contributed by atoms with Crippen LogP contribution in [0.3, 0.4) is 0 Å². The van der Waals surface area contributed by atoms with Gasteiger partial charge < -0.3 is 14.8 Å². The van der Waals surface area contributed by atoms with E-state index in [0.717, 1.165) is 44.6 Å². The largest absolute Gasteiger partial charge is 0.481 e. The first kappa shape index (κ1) is 16.8. The molecule has 3 heterocycles. The number of likely N-dealkylation sites (tertiary alicyclic amines) is 1. The summed E-state index contributed by atoms with van der Waals surface area (Å²) in [5, 5.41) is 3.06. The number of methoxy groups -OCH3 is 1. The van der Waals surface area contributed by atoms with Crippen LogP contribution in [0.5, 0.6) is 5.88 Å². The lowest BCUT2D eigenvalue weighted by atomic mass is 9.91. The van der Waals surface area contributed by atoms with Crippen LogP contribution in [0.4, 0.5) is 0 Å². The Balaban J connectivity index is 1.31. The molecular weight excluding hydrogens is 318 g/mol. The molecule has 1 aromatic rings. The quantitative estimate of drug-likeness (QED) is 0.848. The van der Waals surface area contributed by atoms with Gasteiger partial charge in [0.05, 0.1) is 13.2 Å². The summed E-state index contributed by atoms with van der Waals surface area (Å²) in [5.41, 5.74) is 1.10. The van der Waals surface area contributed by atoms with Crippen LogP contribution >= 0.6 is 0 Å². The van der Waals surface area contributed by atoms with Crippen LogP contribution in [0.25, 0.3) is 0 Å². The average molecular weight is 345 g/mol. The van der Waals surface area contributed by atoms with Gasteiger partial charge in [-0.2, -0.15) is 0 Å². The molecule has 3 atom stereocenters. The van der Waals surface area contributed by atoms with Gasteiger partial charge in [0, 0.05) is 31.4 Å². The Morgan fingerprint density at radius 3 is 3.12 bits per heavy atom. The summed E-state index contributed by atoms with van der Waals surface area (Å²) in [5.74, 6) is 1.98. The molecule has 1 amide bonds. The number of nitrogens with one attached hydrogen (secondary N) is 1. The monoisotopic (exact) mass is 345 g/mol. The summed E-state index contributed by atoms with van der Waals surface area (Å²) in [6.45, 7) is 3.52. The minimum Gasteiger partial charge on any atom is -0.481 e. The van der Waals surface area contributed by atoms with Gasteiger partial charge in [0.1, 0.15) is 6.10 Å². The van der Waals surface area contributed by atoms with E-state index in [9.17, 15) is 4.79 Å². The standard InChI is InChI=1S/C19H27N3O3/c1-24-19-15(3-2-7-20-19)11-22-8-6-14-9-16(25-17(14)12-22)18(23)21-10-13-4-5-13/h2-3,7,13-14,16-17H,4-6,8-12H2,1H3,(H,21,23)/t14-,16-,17-/m0/s1. The van der Waals surface area contributed by atoms with E-state index in [0.29, 0.717) is 17.7 Å². The second kappa shape index (κ2) is 7.30. The van der Waals surface area contributed by atoms with Crippen molar-refractivity contribution in [1.82, 2.24) is 15.2 Å². The van der Waals surface area contributed by atoms with Crippen LogP contribution in [0.2, 0.25) is 0 Å². The highest BCUT2D eigenvalue weighted by Crippen LogP contribution is 2.34. The number of fused-ring (bicyclic) bond motifs is 1. The van der Waals surface area contributed by atoms with Gasteiger partial charge >= 0.3 is 0 Å². The van der Waals surface area contributed by atoms with E-state index < -0.39 is 0 Å². The Morgan fingerprint density at radius 1 is 1.44 bits per heavy atom. The number of carbonyl (C=O) groups is 1. The number of hydrogen-bond donors (Lipinski definition) is 1. The maximum Gasteiger partial charge on any atom is 0.249 e. The van der Waals surface area contributed by atoms with Crippen molar-refractivity contribution in [1.29, 1.82) is 0 Å². The van der Waals surface area contributed by atoms with Gasteiger partial charge in [-0.15, -0.1) is 0 Å². The molecule has 3 aliphatic rings. The topological polar surface area (TPSA) is 63.7 Å². The highest BCUT2D eigenvalue weighted by Gasteiger charge is 2.42. The Hall–Kier alpha value is -1.66. The van der Waals surface area contributed by atoms with Gasteiger partial charge in [-0.3, -0.25) is 9.69 Å². The van der Waals surface area contributed by atoms with E-state index >= 15 is 0 Å². The van der Waals surface area contributed by atoms with Gasteiger partial charge in [0.2, 0.25) is 11.8 Å². The van der Waals surface area contributed by atoms with Crippen molar-refractivity contribution < 1.29 is 14.3 Å². The second-order valence-corrected chi connectivity index (χ2v) is 7.54. The summed E-state index contributed by atoms with van der Waals surface area (Å²) in [4.78, 5) is 19.0.